The number of carbonyl (C=O) groups excluding carboxylic acids is 3. The van der Waals surface area contributed by atoms with Gasteiger partial charge in [0.1, 0.15) is 28.9 Å². The molecule has 2 aromatic carbocycles. The van der Waals surface area contributed by atoms with Crippen LogP contribution in [0.2, 0.25) is 0 Å². The number of allylic oxidation sites excluding steroid dienone is 6. The number of aryl methyl sites for hydroxylation is 1. The van der Waals surface area contributed by atoms with Crippen LogP contribution in [0.4, 0.5) is 5.69 Å². The van der Waals surface area contributed by atoms with Gasteiger partial charge in [0, 0.05) is 36.7 Å². The Balaban J connectivity index is 1.47. The highest BCUT2D eigenvalue weighted by Crippen LogP contribution is 2.39. The third-order valence-electron chi connectivity index (χ3n) is 11.0. The monoisotopic (exact) mass is 796 g/mol. The molecule has 0 unspecified atom stereocenters. The minimum Gasteiger partial charge on any atom is -0.497 e. The number of anilines is 1. The Morgan fingerprint density at radius 3 is 2.31 bits per heavy atom. The lowest BCUT2D eigenvalue weighted by Gasteiger charge is -2.32. The number of benzene rings is 2. The normalized spacial score (nSPS) is 25.2. The Labute approximate surface area is 343 Å². The van der Waals surface area contributed by atoms with E-state index < -0.39 is 29.8 Å². The number of carbonyl (C=O) groups is 3. The number of fused-ring (bicyclic) bond motifs is 2. The molecule has 3 aliphatic rings. The fourth-order valence-electron chi connectivity index (χ4n) is 7.36. The van der Waals surface area contributed by atoms with Gasteiger partial charge in [-0.3, -0.25) is 9.59 Å². The van der Waals surface area contributed by atoms with Gasteiger partial charge < -0.3 is 39.1 Å². The molecular weight excluding hydrogens is 737 g/mol. The van der Waals surface area contributed by atoms with Gasteiger partial charge in [-0.25, -0.2) is 4.79 Å². The average molecular weight is 797 g/mol. The van der Waals surface area contributed by atoms with Crippen LogP contribution in [-0.2, 0) is 41.6 Å². The van der Waals surface area contributed by atoms with Gasteiger partial charge in [-0.2, -0.15) is 0 Å². The quantitative estimate of drug-likeness (QED) is 0.170. The van der Waals surface area contributed by atoms with Gasteiger partial charge in [0.25, 0.3) is 0 Å². The van der Waals surface area contributed by atoms with Crippen molar-refractivity contribution in [1.82, 2.24) is 5.32 Å². The van der Waals surface area contributed by atoms with Gasteiger partial charge in [0.2, 0.25) is 11.8 Å². The van der Waals surface area contributed by atoms with E-state index in [4.69, 9.17) is 28.4 Å². The van der Waals surface area contributed by atoms with Crippen molar-refractivity contribution in [2.24, 2.45) is 5.92 Å². The van der Waals surface area contributed by atoms with Crippen LogP contribution in [0.3, 0.4) is 0 Å². The number of methoxy groups -OCH3 is 4. The van der Waals surface area contributed by atoms with Crippen molar-refractivity contribution < 1.29 is 42.8 Å². The first-order valence-corrected chi connectivity index (χ1v) is 20.3. The maximum Gasteiger partial charge on any atom is 0.332 e. The molecule has 11 heteroatoms. The number of hydrogen-bond acceptors (Lipinski definition) is 9. The van der Waals surface area contributed by atoms with E-state index in [-0.39, 0.29) is 24.2 Å². The van der Waals surface area contributed by atoms with Crippen molar-refractivity contribution in [3.8, 4) is 17.2 Å². The third kappa shape index (κ3) is 12.2. The highest BCUT2D eigenvalue weighted by atomic mass is 16.6. The summed E-state index contributed by atoms with van der Waals surface area (Å²) in [6.45, 7) is 4.40. The number of ether oxygens (including phenoxy) is 6. The number of esters is 1. The van der Waals surface area contributed by atoms with Crippen molar-refractivity contribution in [3.05, 3.63) is 107 Å². The zero-order chi connectivity index (χ0) is 41.5. The average Bonchev–Trinajstić information content (AvgIpc) is 4.02. The SMILES string of the molecule is COc1ccc(CO[C@H]2/C(C)=C\CCc3cc(OC)cc(c3OC)NC(=O)C[C@@H](OC)\C=C/C=C\C=C/C[C@H](OC(=O)C3(NC(=O)C4=CCCCC4)CC3)[C@@H]2C)cc1. The van der Waals surface area contributed by atoms with Gasteiger partial charge in [0.15, 0.2) is 0 Å². The molecule has 2 bridgehead atoms. The lowest BCUT2D eigenvalue weighted by Crippen LogP contribution is -2.47. The molecule has 5 rings (SSSR count). The summed E-state index contributed by atoms with van der Waals surface area (Å²) < 4.78 is 35.6. The van der Waals surface area contributed by atoms with Crippen LogP contribution in [0.5, 0.6) is 17.2 Å². The summed E-state index contributed by atoms with van der Waals surface area (Å²) in [5, 5.41) is 6.04. The van der Waals surface area contributed by atoms with E-state index >= 15 is 0 Å². The lowest BCUT2D eigenvalue weighted by atomic mass is 9.89. The van der Waals surface area contributed by atoms with Crippen LogP contribution in [0, 0.1) is 5.92 Å². The standard InChI is InChI=1S/C47H60N2O9/c1-32-16-15-19-36-28-39(55-5)29-40(44(36)56-6)48-42(50)30-38(54-4)20-13-8-7-9-14-21-41(33(2)43(32)57-31-34-22-24-37(53-3)25-23-34)58-46(52)47(26-27-47)49-45(51)35-17-11-10-12-18-35/h7-9,13-14,16-17,20,22-25,28-29,33,38,41,43H,10-12,15,18-19,21,26-27,30-31H2,1-6H3,(H,48,50)(H,49,51)/b8-7-,14-9-,20-13-,32-16-/t33-,38-,41-,43-/m0/s1. The summed E-state index contributed by atoms with van der Waals surface area (Å²) in [5.41, 5.74) is 3.03. The lowest BCUT2D eigenvalue weighted by molar-refractivity contribution is -0.159. The second-order valence-corrected chi connectivity index (χ2v) is 15.2. The van der Waals surface area contributed by atoms with Crippen molar-refractivity contribution >= 4 is 23.5 Å². The second kappa shape index (κ2) is 21.6. The fraction of sp³-hybridized carbons (Fsp3) is 0.468. The third-order valence-corrected chi connectivity index (χ3v) is 11.0. The molecular formula is C47H60N2O9. The maximum atomic E-state index is 14.1. The van der Waals surface area contributed by atoms with Gasteiger partial charge in [-0.05, 0) is 87.6 Å². The van der Waals surface area contributed by atoms with E-state index in [1.165, 1.54) is 0 Å². The zero-order valence-electron chi connectivity index (χ0n) is 34.8. The summed E-state index contributed by atoms with van der Waals surface area (Å²) in [6, 6.07) is 11.4. The fourth-order valence-corrected chi connectivity index (χ4v) is 7.36. The Bertz CT molecular complexity index is 1870. The van der Waals surface area contributed by atoms with E-state index in [2.05, 4.69) is 16.7 Å². The molecule has 0 saturated heterocycles. The number of nitrogens with one attached hydrogen (secondary N) is 2. The molecule has 58 heavy (non-hydrogen) atoms. The van der Waals surface area contributed by atoms with Gasteiger partial charge >= 0.3 is 5.97 Å². The van der Waals surface area contributed by atoms with Crippen molar-refractivity contribution in [2.75, 3.05) is 33.8 Å². The number of rotatable bonds is 11. The molecule has 2 amide bonds. The summed E-state index contributed by atoms with van der Waals surface area (Å²) in [7, 11) is 6.37. The van der Waals surface area contributed by atoms with Crippen LogP contribution in [-0.4, -0.2) is 70.1 Å². The first kappa shape index (κ1) is 44.0. The first-order valence-electron chi connectivity index (χ1n) is 20.3. The minimum atomic E-state index is -1.03. The molecule has 1 saturated carbocycles. The highest BCUT2D eigenvalue weighted by Gasteiger charge is 2.54. The zero-order valence-corrected chi connectivity index (χ0v) is 34.8. The Morgan fingerprint density at radius 2 is 1.64 bits per heavy atom. The summed E-state index contributed by atoms with van der Waals surface area (Å²) in [6.07, 6.45) is 20.3. The smallest absolute Gasteiger partial charge is 0.332 e. The van der Waals surface area contributed by atoms with Crippen LogP contribution in [0.1, 0.15) is 82.8 Å². The minimum absolute atomic E-state index is 0.0940. The number of amides is 2. The molecule has 2 aliphatic carbocycles. The number of hydrogen-bond donors (Lipinski definition) is 2. The predicted molar refractivity (Wildman–Crippen MR) is 225 cm³/mol. The van der Waals surface area contributed by atoms with Gasteiger partial charge in [-0.15, -0.1) is 0 Å². The van der Waals surface area contributed by atoms with Crippen LogP contribution in [0.25, 0.3) is 0 Å². The van der Waals surface area contributed by atoms with E-state index in [0.717, 1.165) is 53.7 Å². The van der Waals surface area contributed by atoms with E-state index in [1.807, 2.05) is 86.7 Å². The summed E-state index contributed by atoms with van der Waals surface area (Å²) in [5.74, 6) is 0.779. The summed E-state index contributed by atoms with van der Waals surface area (Å²) >= 11 is 0. The highest BCUT2D eigenvalue weighted by molar-refractivity contribution is 5.99. The second-order valence-electron chi connectivity index (χ2n) is 15.2. The van der Waals surface area contributed by atoms with Crippen molar-refractivity contribution in [3.63, 3.8) is 0 Å². The van der Waals surface area contributed by atoms with Crippen molar-refractivity contribution in [1.29, 1.82) is 0 Å². The van der Waals surface area contributed by atoms with Crippen LogP contribution < -0.4 is 24.8 Å². The molecule has 312 valence electrons. The topological polar surface area (TPSA) is 131 Å². The maximum absolute atomic E-state index is 14.1. The molecule has 1 aliphatic heterocycles. The molecule has 0 aromatic heterocycles. The molecule has 2 N–H and O–H groups in total. The van der Waals surface area contributed by atoms with Gasteiger partial charge in [0.05, 0.1) is 52.3 Å². The molecule has 2 aromatic rings. The Kier molecular flexibility index (Phi) is 16.4. The Hall–Kier alpha value is -5.13. The van der Waals surface area contributed by atoms with Gasteiger partial charge in [-0.1, -0.05) is 67.7 Å². The molecule has 1 fully saturated rings. The van der Waals surface area contributed by atoms with Crippen LogP contribution in [0.15, 0.2) is 96.2 Å². The summed E-state index contributed by atoms with van der Waals surface area (Å²) in [4.78, 5) is 40.5. The molecule has 0 radical (unpaired) electrons. The molecule has 4 atom stereocenters. The predicted octanol–water partition coefficient (Wildman–Crippen LogP) is 8.29. The largest absolute Gasteiger partial charge is 0.497 e. The molecule has 11 nitrogen and oxygen atoms in total. The van der Waals surface area contributed by atoms with E-state index in [0.29, 0.717) is 55.9 Å². The van der Waals surface area contributed by atoms with E-state index in [1.54, 1.807) is 34.5 Å². The molecule has 0 spiro atoms. The Morgan fingerprint density at radius 1 is 0.879 bits per heavy atom. The molecule has 1 heterocycles. The van der Waals surface area contributed by atoms with Crippen molar-refractivity contribution in [2.45, 2.75) is 109 Å². The first-order chi connectivity index (χ1) is 28.1. The van der Waals surface area contributed by atoms with Crippen LogP contribution >= 0.6 is 0 Å². The van der Waals surface area contributed by atoms with E-state index in [9.17, 15) is 14.4 Å².